The average molecular weight is 344 g/mol. The van der Waals surface area contributed by atoms with Crippen LogP contribution < -0.4 is 9.47 Å². The number of pyridine rings is 1. The maximum Gasteiger partial charge on any atom is 0.417 e. The Labute approximate surface area is 133 Å². The molecule has 1 aliphatic rings. The molecule has 3 rings (SSSR count). The highest BCUT2D eigenvalue weighted by Crippen LogP contribution is 2.29. The lowest BCUT2D eigenvalue weighted by atomic mass is 10.2. The zero-order chi connectivity index (χ0) is 17.3. The smallest absolute Gasteiger partial charge is 0.417 e. The Hall–Kier alpha value is -2.85. The molecule has 1 unspecified atom stereocenters. The van der Waals surface area contributed by atoms with E-state index in [1.54, 1.807) is 0 Å². The summed E-state index contributed by atoms with van der Waals surface area (Å²) >= 11 is 0. The van der Waals surface area contributed by atoms with Gasteiger partial charge in [0, 0.05) is 30.2 Å². The maximum absolute atomic E-state index is 12.4. The molecule has 0 amide bonds. The van der Waals surface area contributed by atoms with Crippen molar-refractivity contribution in [3.05, 3.63) is 40.2 Å². The number of aromatic nitrogens is 3. The quantitative estimate of drug-likeness (QED) is 0.625. The first-order chi connectivity index (χ1) is 11.3. The molecule has 0 bridgehead atoms. The SMILES string of the molecule is O=[N+]([O-])c1cn2c(n1)OC(COc1ccc(C(F)(F)F)cn1)CC2. The van der Waals surface area contributed by atoms with E-state index < -0.39 is 22.8 Å². The highest BCUT2D eigenvalue weighted by molar-refractivity contribution is 5.22. The molecular formula is C13H11F3N4O4. The molecule has 1 aliphatic heterocycles. The Bertz CT molecular complexity index is 745. The van der Waals surface area contributed by atoms with E-state index in [0.29, 0.717) is 19.2 Å². The summed E-state index contributed by atoms with van der Waals surface area (Å²) in [6.07, 6.45) is -2.40. The zero-order valence-corrected chi connectivity index (χ0v) is 12.1. The van der Waals surface area contributed by atoms with E-state index in [-0.39, 0.29) is 24.3 Å². The summed E-state index contributed by atoms with van der Waals surface area (Å²) in [6, 6.07) is 2.11. The number of rotatable bonds is 4. The van der Waals surface area contributed by atoms with Gasteiger partial charge >= 0.3 is 18.0 Å². The van der Waals surface area contributed by atoms with Crippen LogP contribution in [-0.2, 0) is 12.7 Å². The summed E-state index contributed by atoms with van der Waals surface area (Å²) in [6.45, 7) is 0.504. The fraction of sp³-hybridized carbons (Fsp3) is 0.385. The van der Waals surface area contributed by atoms with Gasteiger partial charge in [-0.25, -0.2) is 4.98 Å². The molecule has 2 aromatic rings. The molecule has 0 aromatic carbocycles. The first-order valence-corrected chi connectivity index (χ1v) is 6.87. The Morgan fingerprint density at radius 3 is 2.88 bits per heavy atom. The molecular weight excluding hydrogens is 333 g/mol. The summed E-state index contributed by atoms with van der Waals surface area (Å²) in [7, 11) is 0. The number of hydrogen-bond donors (Lipinski definition) is 0. The summed E-state index contributed by atoms with van der Waals surface area (Å²) in [5.74, 6) is -0.275. The Kier molecular flexibility index (Phi) is 3.99. The van der Waals surface area contributed by atoms with Gasteiger partial charge in [-0.2, -0.15) is 13.2 Å². The van der Waals surface area contributed by atoms with Crippen molar-refractivity contribution < 1.29 is 27.6 Å². The number of halogens is 3. The Morgan fingerprint density at radius 1 is 1.46 bits per heavy atom. The number of nitro groups is 1. The highest BCUT2D eigenvalue weighted by Gasteiger charge is 2.31. The molecule has 1 atom stereocenters. The molecule has 2 aromatic heterocycles. The van der Waals surface area contributed by atoms with Crippen LogP contribution in [-0.4, -0.2) is 32.2 Å². The van der Waals surface area contributed by atoms with Gasteiger partial charge < -0.3 is 19.6 Å². The second-order valence-electron chi connectivity index (χ2n) is 5.05. The van der Waals surface area contributed by atoms with Gasteiger partial charge in [0.15, 0.2) is 0 Å². The maximum atomic E-state index is 12.4. The molecule has 0 fully saturated rings. The van der Waals surface area contributed by atoms with Crippen LogP contribution in [0.15, 0.2) is 24.5 Å². The monoisotopic (exact) mass is 344 g/mol. The predicted molar refractivity (Wildman–Crippen MR) is 72.6 cm³/mol. The highest BCUT2D eigenvalue weighted by atomic mass is 19.4. The van der Waals surface area contributed by atoms with E-state index in [9.17, 15) is 23.3 Å². The third-order valence-electron chi connectivity index (χ3n) is 3.36. The van der Waals surface area contributed by atoms with E-state index >= 15 is 0 Å². The second-order valence-corrected chi connectivity index (χ2v) is 5.05. The van der Waals surface area contributed by atoms with Crippen molar-refractivity contribution in [2.75, 3.05) is 6.61 Å². The molecule has 0 spiro atoms. The van der Waals surface area contributed by atoms with Crippen molar-refractivity contribution in [3.8, 4) is 11.9 Å². The minimum Gasteiger partial charge on any atom is -0.474 e. The lowest BCUT2D eigenvalue weighted by Gasteiger charge is -2.21. The number of imidazole rings is 1. The summed E-state index contributed by atoms with van der Waals surface area (Å²) < 4.78 is 49.6. The molecule has 128 valence electrons. The van der Waals surface area contributed by atoms with Crippen LogP contribution in [0.1, 0.15) is 12.0 Å². The van der Waals surface area contributed by atoms with E-state index in [1.165, 1.54) is 10.8 Å². The molecule has 24 heavy (non-hydrogen) atoms. The van der Waals surface area contributed by atoms with Crippen LogP contribution >= 0.6 is 0 Å². The van der Waals surface area contributed by atoms with E-state index in [1.807, 2.05) is 0 Å². The lowest BCUT2D eigenvalue weighted by molar-refractivity contribution is -0.389. The second kappa shape index (κ2) is 5.98. The molecule has 0 N–H and O–H groups in total. The minimum absolute atomic E-state index is 0.0338. The lowest BCUT2D eigenvalue weighted by Crippen LogP contribution is -2.31. The van der Waals surface area contributed by atoms with E-state index in [2.05, 4.69) is 9.97 Å². The van der Waals surface area contributed by atoms with Crippen molar-refractivity contribution in [2.45, 2.75) is 25.2 Å². The van der Waals surface area contributed by atoms with E-state index in [4.69, 9.17) is 9.47 Å². The number of alkyl halides is 3. The number of nitrogens with zero attached hydrogens (tertiary/aromatic N) is 4. The fourth-order valence-electron chi connectivity index (χ4n) is 2.15. The van der Waals surface area contributed by atoms with Crippen LogP contribution in [0.5, 0.6) is 11.9 Å². The van der Waals surface area contributed by atoms with Crippen molar-refractivity contribution in [3.63, 3.8) is 0 Å². The van der Waals surface area contributed by atoms with Gasteiger partial charge in [0.2, 0.25) is 5.88 Å². The predicted octanol–water partition coefficient (Wildman–Crippen LogP) is 2.44. The number of ether oxygens (including phenoxy) is 2. The first-order valence-electron chi connectivity index (χ1n) is 6.87. The molecule has 11 heteroatoms. The van der Waals surface area contributed by atoms with Gasteiger partial charge in [0.1, 0.15) is 18.9 Å². The van der Waals surface area contributed by atoms with Gasteiger partial charge in [-0.3, -0.25) is 4.57 Å². The molecule has 3 heterocycles. The van der Waals surface area contributed by atoms with Crippen LogP contribution in [0.4, 0.5) is 19.0 Å². The standard InChI is InChI=1S/C13H11F3N4O4/c14-13(15,16)8-1-2-11(17-5-8)23-7-9-3-4-19-6-10(20(21)22)18-12(19)24-9/h1-2,5-6,9H,3-4,7H2. The first kappa shape index (κ1) is 16.0. The number of hydrogen-bond acceptors (Lipinski definition) is 6. The zero-order valence-electron chi connectivity index (χ0n) is 12.1. The van der Waals surface area contributed by atoms with Crippen molar-refractivity contribution in [1.29, 1.82) is 0 Å². The Morgan fingerprint density at radius 2 is 2.25 bits per heavy atom. The van der Waals surface area contributed by atoms with E-state index in [0.717, 1.165) is 12.1 Å². The van der Waals surface area contributed by atoms with Gasteiger partial charge in [-0.05, 0) is 11.0 Å². The molecule has 0 saturated carbocycles. The van der Waals surface area contributed by atoms with Gasteiger partial charge in [-0.15, -0.1) is 0 Å². The van der Waals surface area contributed by atoms with Gasteiger partial charge in [0.05, 0.1) is 5.56 Å². The molecule has 0 aliphatic carbocycles. The summed E-state index contributed by atoms with van der Waals surface area (Å²) in [5, 5.41) is 10.7. The van der Waals surface area contributed by atoms with Gasteiger partial charge in [0.25, 0.3) is 0 Å². The third-order valence-corrected chi connectivity index (χ3v) is 3.36. The van der Waals surface area contributed by atoms with Crippen LogP contribution in [0.3, 0.4) is 0 Å². The molecule has 0 saturated heterocycles. The normalized spacial score (nSPS) is 17.0. The van der Waals surface area contributed by atoms with Gasteiger partial charge in [-0.1, -0.05) is 0 Å². The average Bonchev–Trinajstić information content (AvgIpc) is 2.96. The van der Waals surface area contributed by atoms with Crippen LogP contribution in [0.2, 0.25) is 0 Å². The van der Waals surface area contributed by atoms with Crippen LogP contribution in [0, 0.1) is 10.1 Å². The van der Waals surface area contributed by atoms with Crippen LogP contribution in [0.25, 0.3) is 0 Å². The molecule has 0 radical (unpaired) electrons. The summed E-state index contributed by atoms with van der Waals surface area (Å²) in [4.78, 5) is 17.4. The van der Waals surface area contributed by atoms with Crippen molar-refractivity contribution in [2.24, 2.45) is 0 Å². The fourth-order valence-corrected chi connectivity index (χ4v) is 2.15. The summed E-state index contributed by atoms with van der Waals surface area (Å²) in [5.41, 5.74) is -0.863. The van der Waals surface area contributed by atoms with Crippen molar-refractivity contribution >= 4 is 5.82 Å². The number of fused-ring (bicyclic) bond motifs is 1. The topological polar surface area (TPSA) is 92.3 Å². The van der Waals surface area contributed by atoms with Crippen molar-refractivity contribution in [1.82, 2.24) is 14.5 Å². The molecule has 8 nitrogen and oxygen atoms in total. The number of aryl methyl sites for hydroxylation is 1. The Balaban J connectivity index is 1.58. The largest absolute Gasteiger partial charge is 0.474 e. The minimum atomic E-state index is -4.45. The third kappa shape index (κ3) is 3.39.